The molecule has 1 heterocycles. The molecule has 1 N–H and O–H groups in total. The first-order chi connectivity index (χ1) is 18.5. The number of nitrogens with one attached hydrogen (secondary N) is 1. The predicted molar refractivity (Wildman–Crippen MR) is 144 cm³/mol. The Labute approximate surface area is 230 Å². The molecule has 1 saturated heterocycles. The summed E-state index contributed by atoms with van der Waals surface area (Å²) in [6, 6.07) is 16.2. The standard InChI is InChI=1S/C30H39NO8/c1-7-37-26(32)30(18-21-13-15-22(16-14-21)25(35-5)36-6)19-24(38-27(30)33)23(17-20-11-9-8-10-12-20)31-28(34)39-29(2,3)4/h8-16,23-25H,7,17-19H2,1-6H3,(H,31,34)/t23-,24-,30?/m0/s1. The van der Waals surface area contributed by atoms with Crippen molar-refractivity contribution in [3.63, 3.8) is 0 Å². The largest absolute Gasteiger partial charge is 0.465 e. The van der Waals surface area contributed by atoms with Crippen LogP contribution in [0.1, 0.15) is 57.1 Å². The normalized spacial score (nSPS) is 19.9. The monoisotopic (exact) mass is 541 g/mol. The third-order valence-corrected chi connectivity index (χ3v) is 6.50. The van der Waals surface area contributed by atoms with Crippen LogP contribution in [0.25, 0.3) is 0 Å². The Morgan fingerprint density at radius 3 is 2.23 bits per heavy atom. The van der Waals surface area contributed by atoms with Crippen LogP contribution >= 0.6 is 0 Å². The van der Waals surface area contributed by atoms with E-state index in [-0.39, 0.29) is 19.4 Å². The Hall–Kier alpha value is -3.43. The fourth-order valence-electron chi connectivity index (χ4n) is 4.71. The molecule has 9 nitrogen and oxygen atoms in total. The van der Waals surface area contributed by atoms with Gasteiger partial charge in [0.05, 0.1) is 12.6 Å². The second-order valence-corrected chi connectivity index (χ2v) is 10.6. The van der Waals surface area contributed by atoms with Crippen molar-refractivity contribution in [3.05, 3.63) is 71.3 Å². The molecule has 0 aliphatic carbocycles. The number of hydrogen-bond acceptors (Lipinski definition) is 8. The van der Waals surface area contributed by atoms with Gasteiger partial charge in [-0.3, -0.25) is 9.59 Å². The number of hydrogen-bond donors (Lipinski definition) is 1. The number of cyclic esters (lactones) is 1. The maximum atomic E-state index is 13.5. The van der Waals surface area contributed by atoms with Crippen LogP contribution in [0.15, 0.2) is 54.6 Å². The molecule has 0 aromatic heterocycles. The lowest BCUT2D eigenvalue weighted by atomic mass is 9.77. The zero-order valence-corrected chi connectivity index (χ0v) is 23.5. The molecule has 39 heavy (non-hydrogen) atoms. The zero-order chi connectivity index (χ0) is 28.6. The van der Waals surface area contributed by atoms with E-state index in [1.54, 1.807) is 41.9 Å². The smallest absolute Gasteiger partial charge is 0.408 e. The van der Waals surface area contributed by atoms with Gasteiger partial charge in [-0.15, -0.1) is 0 Å². The van der Waals surface area contributed by atoms with E-state index in [2.05, 4.69) is 5.32 Å². The number of methoxy groups -OCH3 is 2. The molecule has 0 saturated carbocycles. The van der Waals surface area contributed by atoms with Gasteiger partial charge in [0.1, 0.15) is 11.7 Å². The highest BCUT2D eigenvalue weighted by Crippen LogP contribution is 2.41. The van der Waals surface area contributed by atoms with Gasteiger partial charge in [-0.25, -0.2) is 4.79 Å². The summed E-state index contributed by atoms with van der Waals surface area (Å²) >= 11 is 0. The number of amides is 1. The van der Waals surface area contributed by atoms with Gasteiger partial charge in [-0.2, -0.15) is 0 Å². The van der Waals surface area contributed by atoms with Crippen LogP contribution in [0.5, 0.6) is 0 Å². The van der Waals surface area contributed by atoms with Crippen molar-refractivity contribution < 1.29 is 38.1 Å². The maximum Gasteiger partial charge on any atom is 0.408 e. The van der Waals surface area contributed by atoms with Crippen LogP contribution in [-0.4, -0.2) is 56.6 Å². The van der Waals surface area contributed by atoms with E-state index in [4.69, 9.17) is 23.7 Å². The highest BCUT2D eigenvalue weighted by atomic mass is 16.7. The Morgan fingerprint density at radius 2 is 1.67 bits per heavy atom. The topological polar surface area (TPSA) is 109 Å². The number of benzene rings is 2. The molecule has 0 bridgehead atoms. The van der Waals surface area contributed by atoms with E-state index < -0.39 is 47.5 Å². The van der Waals surface area contributed by atoms with Crippen molar-refractivity contribution in [1.82, 2.24) is 5.32 Å². The fourth-order valence-corrected chi connectivity index (χ4v) is 4.71. The van der Waals surface area contributed by atoms with Crippen LogP contribution in [0, 0.1) is 5.41 Å². The molecule has 9 heteroatoms. The summed E-state index contributed by atoms with van der Waals surface area (Å²) in [5, 5.41) is 2.87. The van der Waals surface area contributed by atoms with E-state index in [0.29, 0.717) is 6.42 Å². The highest BCUT2D eigenvalue weighted by Gasteiger charge is 2.57. The molecule has 1 unspecified atom stereocenters. The highest BCUT2D eigenvalue weighted by molar-refractivity contribution is 6.01. The van der Waals surface area contributed by atoms with Crippen LogP contribution in [-0.2, 0) is 46.1 Å². The van der Waals surface area contributed by atoms with Gasteiger partial charge < -0.3 is 29.0 Å². The fraction of sp³-hybridized carbons (Fsp3) is 0.500. The van der Waals surface area contributed by atoms with E-state index >= 15 is 0 Å². The number of rotatable bonds is 11. The van der Waals surface area contributed by atoms with Crippen LogP contribution in [0.3, 0.4) is 0 Å². The van der Waals surface area contributed by atoms with Gasteiger partial charge in [0.2, 0.25) is 0 Å². The Kier molecular flexibility index (Phi) is 10.1. The maximum absolute atomic E-state index is 13.5. The third kappa shape index (κ3) is 7.80. The molecule has 3 atom stereocenters. The number of carbonyl (C=O) groups is 3. The van der Waals surface area contributed by atoms with E-state index in [1.165, 1.54) is 0 Å². The van der Waals surface area contributed by atoms with Crippen LogP contribution in [0.2, 0.25) is 0 Å². The van der Waals surface area contributed by atoms with Crippen molar-refractivity contribution in [2.24, 2.45) is 5.41 Å². The molecular formula is C30H39NO8. The number of esters is 2. The van der Waals surface area contributed by atoms with Gasteiger partial charge in [0.25, 0.3) is 0 Å². The lowest BCUT2D eigenvalue weighted by Gasteiger charge is -2.27. The van der Waals surface area contributed by atoms with E-state index in [0.717, 1.165) is 16.7 Å². The third-order valence-electron chi connectivity index (χ3n) is 6.50. The summed E-state index contributed by atoms with van der Waals surface area (Å²) < 4.78 is 27.3. The molecule has 2 aromatic rings. The van der Waals surface area contributed by atoms with Crippen molar-refractivity contribution in [2.75, 3.05) is 20.8 Å². The minimum Gasteiger partial charge on any atom is -0.465 e. The second kappa shape index (κ2) is 13.1. The van der Waals surface area contributed by atoms with Crippen molar-refractivity contribution in [1.29, 1.82) is 0 Å². The molecule has 1 fully saturated rings. The average Bonchev–Trinajstić information content (AvgIpc) is 3.22. The SMILES string of the molecule is CCOC(=O)C1(Cc2ccc(C(OC)OC)cc2)C[C@@H]([C@H](Cc2ccccc2)NC(=O)OC(C)(C)C)OC1=O. The molecule has 1 aliphatic heterocycles. The molecule has 1 amide bonds. The first-order valence-electron chi connectivity index (χ1n) is 13.1. The predicted octanol–water partition coefficient (Wildman–Crippen LogP) is 4.52. The molecular weight excluding hydrogens is 502 g/mol. The number of alkyl carbamates (subject to hydrolysis) is 1. The van der Waals surface area contributed by atoms with Crippen molar-refractivity contribution in [3.8, 4) is 0 Å². The quantitative estimate of drug-likeness (QED) is 0.191. The van der Waals surface area contributed by atoms with Gasteiger partial charge in [0, 0.05) is 26.2 Å². The molecule has 2 aromatic carbocycles. The summed E-state index contributed by atoms with van der Waals surface area (Å²) in [6.07, 6.45) is -1.44. The Balaban J connectivity index is 1.90. The minimum absolute atomic E-state index is 0.0402. The Bertz CT molecular complexity index is 1110. The summed E-state index contributed by atoms with van der Waals surface area (Å²) in [4.78, 5) is 39.5. The zero-order valence-electron chi connectivity index (χ0n) is 23.5. The molecule has 3 rings (SSSR count). The number of carbonyl (C=O) groups excluding carboxylic acids is 3. The van der Waals surface area contributed by atoms with Gasteiger partial charge >= 0.3 is 18.0 Å². The lowest BCUT2D eigenvalue weighted by molar-refractivity contribution is -0.165. The van der Waals surface area contributed by atoms with Crippen molar-refractivity contribution in [2.45, 2.75) is 71.0 Å². The average molecular weight is 542 g/mol. The molecule has 1 aliphatic rings. The minimum atomic E-state index is -1.56. The summed E-state index contributed by atoms with van der Waals surface area (Å²) in [7, 11) is 3.09. The van der Waals surface area contributed by atoms with E-state index in [1.807, 2.05) is 54.6 Å². The summed E-state index contributed by atoms with van der Waals surface area (Å²) in [5.41, 5.74) is 0.207. The van der Waals surface area contributed by atoms with E-state index in [9.17, 15) is 14.4 Å². The molecule has 212 valence electrons. The first-order valence-corrected chi connectivity index (χ1v) is 13.1. The first kappa shape index (κ1) is 30.1. The van der Waals surface area contributed by atoms with Gasteiger partial charge in [0.15, 0.2) is 11.7 Å². The van der Waals surface area contributed by atoms with Crippen molar-refractivity contribution >= 4 is 18.0 Å². The molecule has 0 spiro atoms. The molecule has 0 radical (unpaired) electrons. The second-order valence-electron chi connectivity index (χ2n) is 10.6. The Morgan fingerprint density at radius 1 is 1.03 bits per heavy atom. The summed E-state index contributed by atoms with van der Waals surface area (Å²) in [5.74, 6) is -1.32. The van der Waals surface area contributed by atoms with Gasteiger partial charge in [-0.05, 0) is 51.7 Å². The van der Waals surface area contributed by atoms with Gasteiger partial charge in [-0.1, -0.05) is 54.6 Å². The van der Waals surface area contributed by atoms with Crippen LogP contribution in [0.4, 0.5) is 4.79 Å². The number of ether oxygens (including phenoxy) is 5. The summed E-state index contributed by atoms with van der Waals surface area (Å²) in [6.45, 7) is 7.12. The van der Waals surface area contributed by atoms with Crippen LogP contribution < -0.4 is 5.32 Å². The lowest BCUT2D eigenvalue weighted by Crippen LogP contribution is -2.47.